The molecule has 2 aromatic rings. The maximum Gasteiger partial charge on any atom is 0.0504 e. The Hall–Kier alpha value is -1.63. The van der Waals surface area contributed by atoms with Gasteiger partial charge >= 0.3 is 0 Å². The van der Waals surface area contributed by atoms with Gasteiger partial charge in [-0.1, -0.05) is 42.5 Å². The summed E-state index contributed by atoms with van der Waals surface area (Å²) in [6.45, 7) is 5.68. The number of hydrogen-bond donors (Lipinski definition) is 0. The number of nitrogens with zero attached hydrogens (tertiary/aromatic N) is 1. The van der Waals surface area contributed by atoms with Crippen LogP contribution in [0.1, 0.15) is 12.5 Å². The molecule has 0 saturated heterocycles. The molecule has 1 heteroatoms. The van der Waals surface area contributed by atoms with Crippen LogP contribution in [0.3, 0.4) is 0 Å². The molecule has 0 saturated carbocycles. The van der Waals surface area contributed by atoms with Crippen LogP contribution in [0, 0.1) is 0 Å². The van der Waals surface area contributed by atoms with Crippen molar-refractivity contribution in [2.24, 2.45) is 4.99 Å². The van der Waals surface area contributed by atoms with Crippen LogP contribution in [-0.2, 0) is 6.42 Å². The molecule has 0 aliphatic rings. The van der Waals surface area contributed by atoms with Gasteiger partial charge in [-0.15, -0.1) is 0 Å². The summed E-state index contributed by atoms with van der Waals surface area (Å²) >= 11 is 0. The van der Waals surface area contributed by atoms with Crippen LogP contribution < -0.4 is 0 Å². The van der Waals surface area contributed by atoms with Crippen LogP contribution in [-0.4, -0.2) is 12.8 Å². The van der Waals surface area contributed by atoms with Gasteiger partial charge in [-0.2, -0.15) is 0 Å². The predicted molar refractivity (Wildman–Crippen MR) is 66.7 cm³/mol. The first kappa shape index (κ1) is 9.91. The molecule has 0 radical (unpaired) electrons. The van der Waals surface area contributed by atoms with E-state index in [0.29, 0.717) is 0 Å². The van der Waals surface area contributed by atoms with E-state index in [0.717, 1.165) is 6.42 Å². The van der Waals surface area contributed by atoms with E-state index in [1.54, 1.807) is 0 Å². The number of benzene rings is 2. The topological polar surface area (TPSA) is 12.4 Å². The molecule has 0 fully saturated rings. The van der Waals surface area contributed by atoms with Crippen molar-refractivity contribution in [2.75, 3.05) is 0 Å². The smallest absolute Gasteiger partial charge is 0.0504 e. The summed E-state index contributed by atoms with van der Waals surface area (Å²) in [7, 11) is 0. The number of rotatable bonds is 3. The monoisotopic (exact) mass is 197 g/mol. The van der Waals surface area contributed by atoms with Crippen LogP contribution in [0.2, 0.25) is 0 Å². The van der Waals surface area contributed by atoms with Crippen molar-refractivity contribution in [2.45, 2.75) is 19.4 Å². The highest BCUT2D eigenvalue weighted by molar-refractivity contribution is 5.85. The molecule has 0 heterocycles. The van der Waals surface area contributed by atoms with E-state index in [-0.39, 0.29) is 6.04 Å². The molecule has 1 unspecified atom stereocenters. The Morgan fingerprint density at radius 2 is 1.87 bits per heavy atom. The van der Waals surface area contributed by atoms with Crippen molar-refractivity contribution in [3.63, 3.8) is 0 Å². The second-order valence-corrected chi connectivity index (χ2v) is 3.87. The standard InChI is InChI=1S/C14H15N/c1-11(15-2)10-13-8-5-7-12-6-3-4-9-14(12)13/h3-9,11H,2,10H2,1H3. The maximum atomic E-state index is 4.04. The number of hydrogen-bond acceptors (Lipinski definition) is 1. The molecule has 15 heavy (non-hydrogen) atoms. The van der Waals surface area contributed by atoms with Gasteiger partial charge in [0.25, 0.3) is 0 Å². The van der Waals surface area contributed by atoms with Gasteiger partial charge in [0.1, 0.15) is 0 Å². The van der Waals surface area contributed by atoms with Gasteiger partial charge in [0.15, 0.2) is 0 Å². The maximum absolute atomic E-state index is 4.04. The van der Waals surface area contributed by atoms with Crippen molar-refractivity contribution in [1.29, 1.82) is 0 Å². The molecule has 2 rings (SSSR count). The summed E-state index contributed by atoms with van der Waals surface area (Å²) < 4.78 is 0. The van der Waals surface area contributed by atoms with Crippen LogP contribution in [0.4, 0.5) is 0 Å². The zero-order valence-corrected chi connectivity index (χ0v) is 8.98. The second-order valence-electron chi connectivity index (χ2n) is 3.87. The molecule has 0 N–H and O–H groups in total. The van der Waals surface area contributed by atoms with Gasteiger partial charge in [0.05, 0.1) is 6.04 Å². The van der Waals surface area contributed by atoms with Crippen molar-refractivity contribution in [3.05, 3.63) is 48.0 Å². The first-order valence-corrected chi connectivity index (χ1v) is 5.23. The first-order valence-electron chi connectivity index (χ1n) is 5.23. The van der Waals surface area contributed by atoms with Gasteiger partial charge in [0, 0.05) is 0 Å². The minimum Gasteiger partial charge on any atom is -0.298 e. The molecule has 76 valence electrons. The van der Waals surface area contributed by atoms with Crippen LogP contribution in [0.5, 0.6) is 0 Å². The predicted octanol–water partition coefficient (Wildman–Crippen LogP) is 3.47. The fourth-order valence-corrected chi connectivity index (χ4v) is 1.85. The highest BCUT2D eigenvalue weighted by atomic mass is 14.7. The van der Waals surface area contributed by atoms with E-state index >= 15 is 0 Å². The lowest BCUT2D eigenvalue weighted by Gasteiger charge is -2.08. The first-order chi connectivity index (χ1) is 7.31. The Balaban J connectivity index is 2.46. The minimum atomic E-state index is 0.288. The minimum absolute atomic E-state index is 0.288. The van der Waals surface area contributed by atoms with E-state index in [4.69, 9.17) is 0 Å². The lowest BCUT2D eigenvalue weighted by Crippen LogP contribution is -2.02. The Bertz CT molecular complexity index is 468. The molecule has 0 aliphatic carbocycles. The molecule has 0 spiro atoms. The van der Waals surface area contributed by atoms with Gasteiger partial charge < -0.3 is 0 Å². The largest absolute Gasteiger partial charge is 0.298 e. The van der Waals surface area contributed by atoms with Gasteiger partial charge in [-0.3, -0.25) is 4.99 Å². The Labute approximate surface area is 90.5 Å². The van der Waals surface area contributed by atoms with Crippen molar-refractivity contribution >= 4 is 17.5 Å². The Morgan fingerprint density at radius 3 is 2.67 bits per heavy atom. The normalized spacial score (nSPS) is 12.6. The van der Waals surface area contributed by atoms with Crippen LogP contribution in [0.25, 0.3) is 10.8 Å². The summed E-state index contributed by atoms with van der Waals surface area (Å²) in [6, 6.07) is 15.2. The van der Waals surface area contributed by atoms with E-state index in [9.17, 15) is 0 Å². The number of fused-ring (bicyclic) bond motifs is 1. The average molecular weight is 197 g/mol. The van der Waals surface area contributed by atoms with Crippen molar-refractivity contribution in [1.82, 2.24) is 0 Å². The lowest BCUT2D eigenvalue weighted by molar-refractivity contribution is 0.750. The molecular weight excluding hydrogens is 182 g/mol. The lowest BCUT2D eigenvalue weighted by atomic mass is 10.00. The second kappa shape index (κ2) is 4.26. The fourth-order valence-electron chi connectivity index (χ4n) is 1.85. The van der Waals surface area contributed by atoms with Crippen molar-refractivity contribution in [3.8, 4) is 0 Å². The average Bonchev–Trinajstić information content (AvgIpc) is 2.29. The Kier molecular flexibility index (Phi) is 2.82. The summed E-state index contributed by atoms with van der Waals surface area (Å²) in [4.78, 5) is 4.04. The van der Waals surface area contributed by atoms with E-state index < -0.39 is 0 Å². The van der Waals surface area contributed by atoms with Crippen molar-refractivity contribution < 1.29 is 0 Å². The molecule has 0 amide bonds. The molecule has 0 bridgehead atoms. The van der Waals surface area contributed by atoms with E-state index in [2.05, 4.69) is 61.1 Å². The number of aliphatic imine (C=N–C) groups is 1. The van der Waals surface area contributed by atoms with Crippen LogP contribution >= 0.6 is 0 Å². The van der Waals surface area contributed by atoms with E-state index in [1.807, 2.05) is 0 Å². The van der Waals surface area contributed by atoms with Crippen LogP contribution in [0.15, 0.2) is 47.5 Å². The summed E-state index contributed by atoms with van der Waals surface area (Å²) in [5.74, 6) is 0. The summed E-state index contributed by atoms with van der Waals surface area (Å²) in [6.07, 6.45) is 0.963. The highest BCUT2D eigenvalue weighted by Crippen LogP contribution is 2.20. The van der Waals surface area contributed by atoms with Gasteiger partial charge in [-0.05, 0) is 36.4 Å². The Morgan fingerprint density at radius 1 is 1.13 bits per heavy atom. The zero-order chi connectivity index (χ0) is 10.7. The summed E-state index contributed by atoms with van der Waals surface area (Å²) in [5, 5.41) is 2.63. The third kappa shape index (κ3) is 2.07. The fraction of sp³-hybridized carbons (Fsp3) is 0.214. The van der Waals surface area contributed by atoms with Gasteiger partial charge in [-0.25, -0.2) is 0 Å². The third-order valence-corrected chi connectivity index (χ3v) is 2.71. The molecule has 2 aromatic carbocycles. The van der Waals surface area contributed by atoms with Gasteiger partial charge in [0.2, 0.25) is 0 Å². The molecule has 1 nitrogen and oxygen atoms in total. The molecular formula is C14H15N. The summed E-state index contributed by atoms with van der Waals surface area (Å²) in [5.41, 5.74) is 1.35. The molecule has 0 aromatic heterocycles. The molecule has 0 aliphatic heterocycles. The zero-order valence-electron chi connectivity index (χ0n) is 8.98. The highest BCUT2D eigenvalue weighted by Gasteiger charge is 2.03. The van der Waals surface area contributed by atoms with E-state index in [1.165, 1.54) is 16.3 Å². The quantitative estimate of drug-likeness (QED) is 0.668. The third-order valence-electron chi connectivity index (χ3n) is 2.71. The SMILES string of the molecule is C=NC(C)Cc1cccc2ccccc12. The molecule has 1 atom stereocenters.